The molecule has 0 heterocycles. The Bertz CT molecular complexity index is 566. The normalized spacial score (nSPS) is 19.9. The summed E-state index contributed by atoms with van der Waals surface area (Å²) in [5.74, 6) is -3.59. The van der Waals surface area contributed by atoms with Gasteiger partial charge in [-0.25, -0.2) is 9.59 Å². The van der Waals surface area contributed by atoms with Crippen molar-refractivity contribution in [2.75, 3.05) is 7.05 Å². The zero-order valence-corrected chi connectivity index (χ0v) is 14.6. The van der Waals surface area contributed by atoms with Gasteiger partial charge in [-0.05, 0) is 19.8 Å². The van der Waals surface area contributed by atoms with Crippen LogP contribution in [-0.4, -0.2) is 60.3 Å². The molecule has 26 heavy (non-hydrogen) atoms. The van der Waals surface area contributed by atoms with Crippen molar-refractivity contribution in [1.29, 1.82) is 0 Å². The molecule has 0 aliphatic heterocycles. The molecular weight excluding hydrogens is 361 g/mol. The van der Waals surface area contributed by atoms with E-state index in [2.05, 4.69) is 4.74 Å². The Kier molecular flexibility index (Phi) is 7.40. The lowest BCUT2D eigenvalue weighted by atomic mass is 9.93. The molecular formula is C15H21F3N2O6. The van der Waals surface area contributed by atoms with E-state index < -0.39 is 42.5 Å². The summed E-state index contributed by atoms with van der Waals surface area (Å²) in [6, 6.07) is -2.22. The van der Waals surface area contributed by atoms with Crippen LogP contribution in [0.1, 0.15) is 39.5 Å². The lowest BCUT2D eigenvalue weighted by Gasteiger charge is -2.30. The van der Waals surface area contributed by atoms with Crippen molar-refractivity contribution in [2.24, 2.45) is 0 Å². The third-order valence-electron chi connectivity index (χ3n) is 3.79. The SMILES string of the molecule is CC(OC(=O)C(C)NC(=O)C(F)(F)F)OC(=O)N(C)C1CCCCC1=O. The molecule has 0 aromatic rings. The second-order valence-corrected chi connectivity index (χ2v) is 5.92. The summed E-state index contributed by atoms with van der Waals surface area (Å²) in [6.07, 6.45) is -5.05. The first-order chi connectivity index (χ1) is 11.9. The first-order valence-electron chi connectivity index (χ1n) is 7.97. The molecule has 1 N–H and O–H groups in total. The highest BCUT2D eigenvalue weighted by molar-refractivity contribution is 5.88. The second kappa shape index (κ2) is 8.86. The maximum absolute atomic E-state index is 12.1. The van der Waals surface area contributed by atoms with Crippen molar-refractivity contribution in [2.45, 2.75) is 64.1 Å². The van der Waals surface area contributed by atoms with Gasteiger partial charge in [-0.3, -0.25) is 9.59 Å². The number of carbonyl (C=O) groups is 4. The molecule has 3 atom stereocenters. The molecule has 0 spiro atoms. The molecule has 3 unspecified atom stereocenters. The number of nitrogens with one attached hydrogen (secondary N) is 1. The minimum absolute atomic E-state index is 0.0937. The zero-order chi connectivity index (χ0) is 20.1. The molecule has 1 fully saturated rings. The van der Waals surface area contributed by atoms with Gasteiger partial charge in [-0.1, -0.05) is 6.42 Å². The highest BCUT2D eigenvalue weighted by atomic mass is 19.4. The maximum Gasteiger partial charge on any atom is 0.471 e. The summed E-state index contributed by atoms with van der Waals surface area (Å²) in [4.78, 5) is 47.3. The van der Waals surface area contributed by atoms with E-state index in [0.29, 0.717) is 12.8 Å². The van der Waals surface area contributed by atoms with Crippen LogP contribution in [0.15, 0.2) is 0 Å². The second-order valence-electron chi connectivity index (χ2n) is 5.92. The van der Waals surface area contributed by atoms with Crippen LogP contribution in [-0.2, 0) is 23.9 Å². The molecule has 11 heteroatoms. The third-order valence-corrected chi connectivity index (χ3v) is 3.79. The van der Waals surface area contributed by atoms with E-state index in [1.165, 1.54) is 19.3 Å². The van der Waals surface area contributed by atoms with E-state index in [1.807, 2.05) is 0 Å². The minimum atomic E-state index is -5.14. The predicted molar refractivity (Wildman–Crippen MR) is 80.7 cm³/mol. The number of Topliss-reactive ketones (excluding diaryl/α,β-unsaturated/α-hetero) is 1. The number of alkyl halides is 3. The van der Waals surface area contributed by atoms with Crippen LogP contribution in [0.25, 0.3) is 0 Å². The molecule has 1 rings (SSSR count). The largest absolute Gasteiger partial charge is 0.471 e. The summed E-state index contributed by atoms with van der Waals surface area (Å²) in [6.45, 7) is 2.18. The highest BCUT2D eigenvalue weighted by Crippen LogP contribution is 2.20. The van der Waals surface area contributed by atoms with Gasteiger partial charge in [0.25, 0.3) is 0 Å². The summed E-state index contributed by atoms with van der Waals surface area (Å²) in [5.41, 5.74) is 0. The Hall–Kier alpha value is -2.33. The van der Waals surface area contributed by atoms with Gasteiger partial charge in [0.2, 0.25) is 6.29 Å². The number of halogens is 3. The van der Waals surface area contributed by atoms with E-state index in [0.717, 1.165) is 24.7 Å². The summed E-state index contributed by atoms with van der Waals surface area (Å²) in [7, 11) is 1.37. The molecule has 0 aromatic heterocycles. The van der Waals surface area contributed by atoms with Crippen molar-refractivity contribution >= 4 is 23.8 Å². The van der Waals surface area contributed by atoms with Crippen molar-refractivity contribution < 1.29 is 41.8 Å². The molecule has 1 saturated carbocycles. The van der Waals surface area contributed by atoms with Crippen molar-refractivity contribution in [1.82, 2.24) is 10.2 Å². The smallest absolute Gasteiger partial charge is 0.424 e. The summed E-state index contributed by atoms with van der Waals surface area (Å²) in [5, 5.41) is 1.42. The fourth-order valence-electron chi connectivity index (χ4n) is 2.35. The Morgan fingerprint density at radius 1 is 1.19 bits per heavy atom. The number of hydrogen-bond acceptors (Lipinski definition) is 6. The molecule has 8 nitrogen and oxygen atoms in total. The van der Waals surface area contributed by atoms with E-state index in [1.54, 1.807) is 0 Å². The monoisotopic (exact) mass is 382 g/mol. The van der Waals surface area contributed by atoms with E-state index in [-0.39, 0.29) is 5.78 Å². The van der Waals surface area contributed by atoms with Crippen LogP contribution >= 0.6 is 0 Å². The Morgan fingerprint density at radius 3 is 2.35 bits per heavy atom. The van der Waals surface area contributed by atoms with Crippen LogP contribution in [0.4, 0.5) is 18.0 Å². The highest BCUT2D eigenvalue weighted by Gasteiger charge is 2.40. The van der Waals surface area contributed by atoms with E-state index >= 15 is 0 Å². The number of ether oxygens (including phenoxy) is 2. The standard InChI is InChI=1S/C15H21F3N2O6/c1-8(19-13(23)15(16,17)18)12(22)25-9(2)26-14(24)20(3)10-6-4-5-7-11(10)21/h8-10H,4-7H2,1-3H3,(H,19,23). The van der Waals surface area contributed by atoms with Gasteiger partial charge >= 0.3 is 24.1 Å². The molecule has 0 bridgehead atoms. The van der Waals surface area contributed by atoms with Crippen LogP contribution in [0, 0.1) is 0 Å². The van der Waals surface area contributed by atoms with Gasteiger partial charge in [0.1, 0.15) is 6.04 Å². The first kappa shape index (κ1) is 21.7. The van der Waals surface area contributed by atoms with E-state index in [9.17, 15) is 32.3 Å². The first-order valence-corrected chi connectivity index (χ1v) is 7.97. The molecule has 2 amide bonds. The lowest BCUT2D eigenvalue weighted by molar-refractivity contribution is -0.179. The number of hydrogen-bond donors (Lipinski definition) is 1. The van der Waals surface area contributed by atoms with Crippen molar-refractivity contribution in [3.05, 3.63) is 0 Å². The van der Waals surface area contributed by atoms with Gasteiger partial charge in [0.15, 0.2) is 5.78 Å². The molecule has 0 radical (unpaired) electrons. The quantitative estimate of drug-likeness (QED) is 0.571. The number of ketones is 1. The summed E-state index contributed by atoms with van der Waals surface area (Å²) < 4.78 is 46.0. The van der Waals surface area contributed by atoms with Crippen LogP contribution in [0.5, 0.6) is 0 Å². The number of carbonyl (C=O) groups excluding carboxylic acids is 4. The van der Waals surface area contributed by atoms with Gasteiger partial charge in [-0.15, -0.1) is 0 Å². The van der Waals surface area contributed by atoms with Crippen molar-refractivity contribution in [3.63, 3.8) is 0 Å². The number of likely N-dealkylation sites (N-methyl/N-ethyl adjacent to an activating group) is 1. The Morgan fingerprint density at radius 2 is 1.81 bits per heavy atom. The Labute approximate surface area is 148 Å². The average Bonchev–Trinajstić information content (AvgIpc) is 2.53. The van der Waals surface area contributed by atoms with Gasteiger partial charge < -0.3 is 19.7 Å². The minimum Gasteiger partial charge on any atom is -0.424 e. The number of amides is 2. The average molecular weight is 382 g/mol. The topological polar surface area (TPSA) is 102 Å². The summed E-state index contributed by atoms with van der Waals surface area (Å²) >= 11 is 0. The number of esters is 1. The fraction of sp³-hybridized carbons (Fsp3) is 0.733. The molecule has 1 aliphatic carbocycles. The molecule has 0 aromatic carbocycles. The Balaban J connectivity index is 2.50. The van der Waals surface area contributed by atoms with Gasteiger partial charge in [-0.2, -0.15) is 13.2 Å². The fourth-order valence-corrected chi connectivity index (χ4v) is 2.35. The van der Waals surface area contributed by atoms with E-state index in [4.69, 9.17) is 4.74 Å². The maximum atomic E-state index is 12.1. The van der Waals surface area contributed by atoms with Crippen LogP contribution in [0.3, 0.4) is 0 Å². The van der Waals surface area contributed by atoms with Crippen LogP contribution < -0.4 is 5.32 Å². The van der Waals surface area contributed by atoms with Gasteiger partial charge in [0.05, 0.1) is 6.04 Å². The molecule has 1 aliphatic rings. The van der Waals surface area contributed by atoms with Crippen LogP contribution in [0.2, 0.25) is 0 Å². The number of nitrogens with zero attached hydrogens (tertiary/aromatic N) is 1. The zero-order valence-electron chi connectivity index (χ0n) is 14.6. The lowest BCUT2D eigenvalue weighted by Crippen LogP contribution is -2.47. The number of rotatable bonds is 5. The van der Waals surface area contributed by atoms with Gasteiger partial charge in [0, 0.05) is 20.4 Å². The van der Waals surface area contributed by atoms with Crippen molar-refractivity contribution in [3.8, 4) is 0 Å². The molecule has 0 saturated heterocycles. The molecule has 148 valence electrons. The third kappa shape index (κ3) is 6.19. The predicted octanol–water partition coefficient (Wildman–Crippen LogP) is 1.52.